The lowest BCUT2D eigenvalue weighted by molar-refractivity contribution is -0.130. The zero-order chi connectivity index (χ0) is 15.7. The second kappa shape index (κ2) is 5.67. The lowest BCUT2D eigenvalue weighted by Gasteiger charge is -2.34. The van der Waals surface area contributed by atoms with E-state index in [1.807, 2.05) is 24.3 Å². The highest BCUT2D eigenvalue weighted by molar-refractivity contribution is 6.03. The molecule has 1 heterocycles. The van der Waals surface area contributed by atoms with E-state index in [2.05, 4.69) is 0 Å². The van der Waals surface area contributed by atoms with Crippen LogP contribution in [0.15, 0.2) is 36.4 Å². The molecule has 0 spiro atoms. The molecule has 0 atom stereocenters. The zero-order valence-corrected chi connectivity index (χ0v) is 12.5. The molecule has 0 aromatic heterocycles. The highest BCUT2D eigenvalue weighted by Crippen LogP contribution is 2.29. The average Bonchev–Trinajstić information content (AvgIpc) is 2.55. The second-order valence-corrected chi connectivity index (χ2v) is 5.48. The number of rotatable bonds is 1. The number of phenols is 1. The molecule has 1 saturated heterocycles. The Bertz CT molecular complexity index is 734. The minimum Gasteiger partial charge on any atom is -0.506 e. The maximum absolute atomic E-state index is 12.6. The number of piperazine rings is 1. The second-order valence-electron chi connectivity index (χ2n) is 5.48. The standard InChI is InChI=1S/C17H18N2O3/c1-12(20)18-8-10-19(11-9-18)17(22)15-7-6-13-4-2-3-5-14(13)16(15)21/h2-7,21H,8-11H2,1H3. The molecule has 0 radical (unpaired) electrons. The number of benzene rings is 2. The van der Waals surface area contributed by atoms with Crippen LogP contribution < -0.4 is 0 Å². The van der Waals surface area contributed by atoms with E-state index in [1.165, 1.54) is 6.92 Å². The van der Waals surface area contributed by atoms with Crippen molar-refractivity contribution in [2.45, 2.75) is 6.92 Å². The summed E-state index contributed by atoms with van der Waals surface area (Å²) < 4.78 is 0. The molecule has 0 unspecified atom stereocenters. The first-order valence-corrected chi connectivity index (χ1v) is 7.33. The molecule has 0 saturated carbocycles. The van der Waals surface area contributed by atoms with Gasteiger partial charge in [0.2, 0.25) is 5.91 Å². The number of amides is 2. The van der Waals surface area contributed by atoms with Gasteiger partial charge in [-0.25, -0.2) is 0 Å². The molecule has 1 fully saturated rings. The number of phenolic OH excluding ortho intramolecular Hbond substituents is 1. The summed E-state index contributed by atoms with van der Waals surface area (Å²) in [6.07, 6.45) is 0. The van der Waals surface area contributed by atoms with Crippen molar-refractivity contribution in [1.82, 2.24) is 9.80 Å². The van der Waals surface area contributed by atoms with Crippen LogP contribution in [-0.4, -0.2) is 52.9 Å². The van der Waals surface area contributed by atoms with E-state index in [0.29, 0.717) is 37.1 Å². The smallest absolute Gasteiger partial charge is 0.257 e. The predicted octanol–water partition coefficient (Wildman–Crippen LogP) is 1.85. The van der Waals surface area contributed by atoms with Crippen molar-refractivity contribution in [3.05, 3.63) is 42.0 Å². The Kier molecular flexibility index (Phi) is 3.71. The summed E-state index contributed by atoms with van der Waals surface area (Å²) in [5.41, 5.74) is 0.315. The Morgan fingerprint density at radius 1 is 0.955 bits per heavy atom. The molecular weight excluding hydrogens is 280 g/mol. The summed E-state index contributed by atoms with van der Waals surface area (Å²) in [5.74, 6) is -0.135. The number of carbonyl (C=O) groups excluding carboxylic acids is 2. The lowest BCUT2D eigenvalue weighted by Crippen LogP contribution is -2.50. The minimum absolute atomic E-state index is 0.0251. The SMILES string of the molecule is CC(=O)N1CCN(C(=O)c2ccc3ccccc3c2O)CC1. The van der Waals surface area contributed by atoms with Crippen LogP contribution in [0.3, 0.4) is 0 Å². The largest absolute Gasteiger partial charge is 0.506 e. The summed E-state index contributed by atoms with van der Waals surface area (Å²) in [6, 6.07) is 10.9. The van der Waals surface area contributed by atoms with Gasteiger partial charge in [-0.15, -0.1) is 0 Å². The van der Waals surface area contributed by atoms with Crippen molar-refractivity contribution in [3.63, 3.8) is 0 Å². The first-order chi connectivity index (χ1) is 10.6. The van der Waals surface area contributed by atoms with Crippen molar-refractivity contribution >= 4 is 22.6 Å². The highest BCUT2D eigenvalue weighted by Gasteiger charge is 2.25. The van der Waals surface area contributed by atoms with Gasteiger partial charge in [0.05, 0.1) is 5.56 Å². The molecule has 1 aliphatic heterocycles. The maximum Gasteiger partial charge on any atom is 0.257 e. The van der Waals surface area contributed by atoms with Crippen LogP contribution in [0.1, 0.15) is 17.3 Å². The van der Waals surface area contributed by atoms with Gasteiger partial charge in [0, 0.05) is 38.5 Å². The number of aromatic hydroxyl groups is 1. The fraction of sp³-hybridized carbons (Fsp3) is 0.294. The third kappa shape index (κ3) is 2.50. The normalized spacial score (nSPS) is 15.1. The van der Waals surface area contributed by atoms with E-state index in [4.69, 9.17) is 0 Å². The highest BCUT2D eigenvalue weighted by atomic mass is 16.3. The van der Waals surface area contributed by atoms with Gasteiger partial charge in [0.1, 0.15) is 5.75 Å². The molecule has 3 rings (SSSR count). The summed E-state index contributed by atoms with van der Waals surface area (Å²) in [7, 11) is 0. The molecular formula is C17H18N2O3. The van der Waals surface area contributed by atoms with E-state index >= 15 is 0 Å². The third-order valence-electron chi connectivity index (χ3n) is 4.14. The molecule has 2 aromatic carbocycles. The molecule has 5 nitrogen and oxygen atoms in total. The number of carbonyl (C=O) groups is 2. The Labute approximate surface area is 128 Å². The van der Waals surface area contributed by atoms with Crippen LogP contribution in [0.5, 0.6) is 5.75 Å². The zero-order valence-electron chi connectivity index (χ0n) is 12.5. The van der Waals surface area contributed by atoms with Crippen LogP contribution in [0.2, 0.25) is 0 Å². The first-order valence-electron chi connectivity index (χ1n) is 7.33. The van der Waals surface area contributed by atoms with Gasteiger partial charge in [-0.05, 0) is 11.5 Å². The van der Waals surface area contributed by atoms with E-state index in [9.17, 15) is 14.7 Å². The van der Waals surface area contributed by atoms with Crippen molar-refractivity contribution in [1.29, 1.82) is 0 Å². The maximum atomic E-state index is 12.6. The third-order valence-corrected chi connectivity index (χ3v) is 4.14. The van der Waals surface area contributed by atoms with Gasteiger partial charge in [0.15, 0.2) is 0 Å². The molecule has 22 heavy (non-hydrogen) atoms. The molecule has 0 bridgehead atoms. The minimum atomic E-state index is -0.188. The van der Waals surface area contributed by atoms with Crippen LogP contribution in [-0.2, 0) is 4.79 Å². The molecule has 114 valence electrons. The van der Waals surface area contributed by atoms with E-state index in [-0.39, 0.29) is 17.6 Å². The van der Waals surface area contributed by atoms with Crippen molar-refractivity contribution in [2.24, 2.45) is 0 Å². The monoisotopic (exact) mass is 298 g/mol. The van der Waals surface area contributed by atoms with Gasteiger partial charge in [-0.2, -0.15) is 0 Å². The fourth-order valence-corrected chi connectivity index (χ4v) is 2.82. The van der Waals surface area contributed by atoms with Gasteiger partial charge >= 0.3 is 0 Å². The average molecular weight is 298 g/mol. The molecule has 0 aliphatic carbocycles. The fourth-order valence-electron chi connectivity index (χ4n) is 2.82. The number of hydrogen-bond donors (Lipinski definition) is 1. The van der Waals surface area contributed by atoms with Crippen molar-refractivity contribution in [2.75, 3.05) is 26.2 Å². The molecule has 2 amide bonds. The van der Waals surface area contributed by atoms with Gasteiger partial charge < -0.3 is 14.9 Å². The quantitative estimate of drug-likeness (QED) is 0.874. The Morgan fingerprint density at radius 3 is 2.27 bits per heavy atom. The molecule has 2 aromatic rings. The summed E-state index contributed by atoms with van der Waals surface area (Å²) in [4.78, 5) is 27.3. The van der Waals surface area contributed by atoms with Crippen LogP contribution >= 0.6 is 0 Å². The first kappa shape index (κ1) is 14.4. The van der Waals surface area contributed by atoms with Crippen molar-refractivity contribution in [3.8, 4) is 5.75 Å². The van der Waals surface area contributed by atoms with Crippen molar-refractivity contribution < 1.29 is 14.7 Å². The van der Waals surface area contributed by atoms with Gasteiger partial charge in [-0.1, -0.05) is 30.3 Å². The van der Waals surface area contributed by atoms with E-state index in [0.717, 1.165) is 5.39 Å². The Morgan fingerprint density at radius 2 is 1.59 bits per heavy atom. The van der Waals surface area contributed by atoms with E-state index in [1.54, 1.807) is 21.9 Å². The number of nitrogens with zero attached hydrogens (tertiary/aromatic N) is 2. The molecule has 1 N–H and O–H groups in total. The number of fused-ring (bicyclic) bond motifs is 1. The Balaban J connectivity index is 1.84. The van der Waals surface area contributed by atoms with E-state index < -0.39 is 0 Å². The Hall–Kier alpha value is -2.56. The van der Waals surface area contributed by atoms with Gasteiger partial charge in [-0.3, -0.25) is 9.59 Å². The molecule has 5 heteroatoms. The van der Waals surface area contributed by atoms with Crippen LogP contribution in [0.4, 0.5) is 0 Å². The van der Waals surface area contributed by atoms with Crippen LogP contribution in [0.25, 0.3) is 10.8 Å². The van der Waals surface area contributed by atoms with Gasteiger partial charge in [0.25, 0.3) is 5.91 Å². The van der Waals surface area contributed by atoms with Crippen LogP contribution in [0, 0.1) is 0 Å². The summed E-state index contributed by atoms with van der Waals surface area (Å²) in [6.45, 7) is 3.59. The summed E-state index contributed by atoms with van der Waals surface area (Å²) >= 11 is 0. The number of hydrogen-bond acceptors (Lipinski definition) is 3. The summed E-state index contributed by atoms with van der Waals surface area (Å²) in [5, 5.41) is 12.0. The predicted molar refractivity (Wildman–Crippen MR) is 83.8 cm³/mol. The lowest BCUT2D eigenvalue weighted by atomic mass is 10.0. The topological polar surface area (TPSA) is 60.9 Å². The molecule has 1 aliphatic rings.